The Morgan fingerprint density at radius 1 is 1.00 bits per heavy atom. The molecule has 146 valence electrons. The number of quaternary nitrogens is 1. The second-order valence-electron chi connectivity index (χ2n) is 7.67. The van der Waals surface area contributed by atoms with Gasteiger partial charge >= 0.3 is 0 Å². The molecule has 3 rings (SSSR count). The van der Waals surface area contributed by atoms with E-state index in [2.05, 4.69) is 36.5 Å². The number of aryl methyl sites for hydroxylation is 1. The molecular weight excluding hydrogens is 338 g/mol. The van der Waals surface area contributed by atoms with E-state index in [-0.39, 0.29) is 12.2 Å². The lowest BCUT2D eigenvalue weighted by Crippen LogP contribution is -2.92. The molecule has 4 heteroatoms. The second-order valence-corrected chi connectivity index (χ2v) is 7.67. The van der Waals surface area contributed by atoms with E-state index in [4.69, 9.17) is 4.74 Å². The van der Waals surface area contributed by atoms with Crippen LogP contribution in [-0.4, -0.2) is 41.6 Å². The molecule has 0 unspecified atom stereocenters. The molecule has 0 amide bonds. The molecule has 1 aliphatic carbocycles. The maximum atomic E-state index is 10.4. The van der Waals surface area contributed by atoms with Crippen LogP contribution >= 0.6 is 0 Å². The fourth-order valence-electron chi connectivity index (χ4n) is 3.84. The molecule has 0 aromatic heterocycles. The molecule has 0 radical (unpaired) electrons. The maximum absolute atomic E-state index is 10.4. The molecule has 2 atom stereocenters. The third kappa shape index (κ3) is 5.88. The Bertz CT molecular complexity index is 683. The van der Waals surface area contributed by atoms with Gasteiger partial charge in [0.05, 0.1) is 18.8 Å². The van der Waals surface area contributed by atoms with Gasteiger partial charge in [0.1, 0.15) is 18.8 Å². The van der Waals surface area contributed by atoms with Crippen LogP contribution in [0.25, 0.3) is 0 Å². The van der Waals surface area contributed by atoms with E-state index in [9.17, 15) is 10.2 Å². The quantitative estimate of drug-likeness (QED) is 0.668. The molecule has 4 N–H and O–H groups in total. The number of rotatable bonds is 8. The molecular formula is C23H32NO3+. The predicted molar refractivity (Wildman–Crippen MR) is 106 cm³/mol. The Hall–Kier alpha value is -1.72. The van der Waals surface area contributed by atoms with Gasteiger partial charge in [-0.2, -0.15) is 0 Å². The van der Waals surface area contributed by atoms with Crippen molar-refractivity contribution < 1.29 is 20.3 Å². The van der Waals surface area contributed by atoms with Crippen LogP contribution in [0.3, 0.4) is 0 Å². The van der Waals surface area contributed by atoms with Gasteiger partial charge in [-0.25, -0.2) is 0 Å². The van der Waals surface area contributed by atoms with Crippen molar-refractivity contribution in [2.75, 3.05) is 13.2 Å². The molecule has 4 nitrogen and oxygen atoms in total. The van der Waals surface area contributed by atoms with Crippen LogP contribution in [0.15, 0.2) is 54.6 Å². The van der Waals surface area contributed by atoms with Gasteiger partial charge in [0.15, 0.2) is 0 Å². The van der Waals surface area contributed by atoms with Crippen molar-refractivity contribution in [3.05, 3.63) is 71.3 Å². The highest BCUT2D eigenvalue weighted by Gasteiger charge is 2.23. The first-order chi connectivity index (χ1) is 13.1. The Labute approximate surface area is 162 Å². The third-order valence-corrected chi connectivity index (χ3v) is 5.51. The topological polar surface area (TPSA) is 66.3 Å². The van der Waals surface area contributed by atoms with E-state index in [1.165, 1.54) is 5.56 Å². The van der Waals surface area contributed by atoms with Crippen LogP contribution in [0.5, 0.6) is 0 Å². The van der Waals surface area contributed by atoms with Crippen LogP contribution in [0.2, 0.25) is 0 Å². The Morgan fingerprint density at radius 3 is 2.37 bits per heavy atom. The van der Waals surface area contributed by atoms with Crippen molar-refractivity contribution in [3.63, 3.8) is 0 Å². The lowest BCUT2D eigenvalue weighted by atomic mass is 9.93. The minimum atomic E-state index is -0.507. The van der Waals surface area contributed by atoms with Crippen molar-refractivity contribution in [2.45, 2.75) is 57.0 Å². The van der Waals surface area contributed by atoms with Gasteiger partial charge < -0.3 is 20.3 Å². The highest BCUT2D eigenvalue weighted by Crippen LogP contribution is 2.28. The van der Waals surface area contributed by atoms with Crippen LogP contribution in [0.1, 0.15) is 48.5 Å². The molecule has 0 bridgehead atoms. The molecule has 0 saturated heterocycles. The maximum Gasteiger partial charge on any atom is 0.126 e. The van der Waals surface area contributed by atoms with Crippen LogP contribution < -0.4 is 5.32 Å². The molecule has 1 fully saturated rings. The standard InChI is InChI=1S/C23H31NO3/c1-17-7-5-6-10-22(17)23(18-8-3-2-4-9-18)27-16-21(26)15-24-19-11-13-20(25)14-12-19/h2-10,19-21,23-26H,11-16H2,1H3/p+1/t19?,20?,21-,23-/m0/s1. The van der Waals surface area contributed by atoms with Gasteiger partial charge in [0.25, 0.3) is 0 Å². The number of aliphatic hydroxyl groups is 2. The van der Waals surface area contributed by atoms with E-state index < -0.39 is 6.10 Å². The smallest absolute Gasteiger partial charge is 0.126 e. The lowest BCUT2D eigenvalue weighted by Gasteiger charge is -2.25. The summed E-state index contributed by atoms with van der Waals surface area (Å²) in [5.74, 6) is 0. The monoisotopic (exact) mass is 370 g/mol. The Kier molecular flexibility index (Phi) is 7.41. The summed E-state index contributed by atoms with van der Waals surface area (Å²) < 4.78 is 6.20. The zero-order chi connectivity index (χ0) is 19.1. The summed E-state index contributed by atoms with van der Waals surface area (Å²) in [4.78, 5) is 0. The SMILES string of the molecule is Cc1ccccc1[C@@H](OC[C@@H](O)C[NH2+]C1CCC(O)CC1)c1ccccc1. The van der Waals surface area contributed by atoms with Crippen molar-refractivity contribution in [3.8, 4) is 0 Å². The van der Waals surface area contributed by atoms with Gasteiger partial charge in [-0.15, -0.1) is 0 Å². The highest BCUT2D eigenvalue weighted by molar-refractivity contribution is 5.35. The summed E-state index contributed by atoms with van der Waals surface area (Å²) in [6.45, 7) is 3.03. The van der Waals surface area contributed by atoms with Gasteiger partial charge in [-0.1, -0.05) is 54.6 Å². The van der Waals surface area contributed by atoms with Crippen molar-refractivity contribution >= 4 is 0 Å². The van der Waals surface area contributed by atoms with E-state index in [1.807, 2.05) is 30.3 Å². The summed E-state index contributed by atoms with van der Waals surface area (Å²) in [5.41, 5.74) is 3.43. The van der Waals surface area contributed by atoms with E-state index in [0.717, 1.165) is 36.8 Å². The van der Waals surface area contributed by atoms with Crippen molar-refractivity contribution in [1.29, 1.82) is 0 Å². The first-order valence-corrected chi connectivity index (χ1v) is 10.0. The van der Waals surface area contributed by atoms with E-state index in [1.54, 1.807) is 0 Å². The lowest BCUT2D eigenvalue weighted by molar-refractivity contribution is -0.697. The van der Waals surface area contributed by atoms with E-state index >= 15 is 0 Å². The average Bonchev–Trinajstić information content (AvgIpc) is 2.70. The van der Waals surface area contributed by atoms with Gasteiger partial charge in [-0.05, 0) is 36.5 Å². The second kappa shape index (κ2) is 10.00. The molecule has 0 spiro atoms. The minimum Gasteiger partial charge on any atom is -0.393 e. The first-order valence-electron chi connectivity index (χ1n) is 10.0. The molecule has 1 aliphatic rings. The summed E-state index contributed by atoms with van der Waals surface area (Å²) in [6, 6.07) is 18.9. The molecule has 27 heavy (non-hydrogen) atoms. The van der Waals surface area contributed by atoms with Crippen molar-refractivity contribution in [1.82, 2.24) is 0 Å². The van der Waals surface area contributed by atoms with Gasteiger partial charge in [0, 0.05) is 12.8 Å². The number of hydrogen-bond acceptors (Lipinski definition) is 3. The summed E-state index contributed by atoms with van der Waals surface area (Å²) in [6.07, 6.45) is 2.96. The van der Waals surface area contributed by atoms with Crippen molar-refractivity contribution in [2.24, 2.45) is 0 Å². The number of aliphatic hydroxyl groups excluding tert-OH is 2. The molecule has 2 aromatic rings. The molecule has 2 aromatic carbocycles. The first kappa shape index (κ1) is 20.0. The normalized spacial score (nSPS) is 22.3. The predicted octanol–water partition coefficient (Wildman–Crippen LogP) is 2.33. The Balaban J connectivity index is 1.57. The zero-order valence-corrected chi connectivity index (χ0v) is 16.1. The number of nitrogens with two attached hydrogens (primary N) is 1. The van der Waals surface area contributed by atoms with Crippen LogP contribution in [0.4, 0.5) is 0 Å². The zero-order valence-electron chi connectivity index (χ0n) is 16.1. The summed E-state index contributed by atoms with van der Waals surface area (Å²) in [7, 11) is 0. The Morgan fingerprint density at radius 2 is 1.67 bits per heavy atom. The number of ether oxygens (including phenoxy) is 1. The largest absolute Gasteiger partial charge is 0.393 e. The summed E-state index contributed by atoms with van der Waals surface area (Å²) >= 11 is 0. The molecule has 1 saturated carbocycles. The number of hydrogen-bond donors (Lipinski definition) is 3. The fraction of sp³-hybridized carbons (Fsp3) is 0.478. The van der Waals surface area contributed by atoms with Gasteiger partial charge in [0.2, 0.25) is 0 Å². The molecule has 0 aliphatic heterocycles. The minimum absolute atomic E-state index is 0.136. The fourth-order valence-corrected chi connectivity index (χ4v) is 3.84. The summed E-state index contributed by atoms with van der Waals surface area (Å²) in [5, 5.41) is 22.3. The molecule has 0 heterocycles. The average molecular weight is 371 g/mol. The van der Waals surface area contributed by atoms with Crippen LogP contribution in [0, 0.1) is 6.92 Å². The van der Waals surface area contributed by atoms with Gasteiger partial charge in [-0.3, -0.25) is 0 Å². The third-order valence-electron chi connectivity index (χ3n) is 5.51. The number of benzene rings is 2. The van der Waals surface area contributed by atoms with E-state index in [0.29, 0.717) is 19.2 Å². The highest BCUT2D eigenvalue weighted by atomic mass is 16.5. The van der Waals surface area contributed by atoms with Crippen LogP contribution in [-0.2, 0) is 4.74 Å².